The van der Waals surface area contributed by atoms with E-state index in [1.807, 2.05) is 0 Å². The number of nitrogens with one attached hydrogen (secondary N) is 1. The number of carbonyl (C=O) groups excluding carboxylic acids is 1. The lowest BCUT2D eigenvalue weighted by Gasteiger charge is -2.36. The first-order chi connectivity index (χ1) is 17.5. The molecule has 9 nitrogen and oxygen atoms in total. The van der Waals surface area contributed by atoms with Crippen LogP contribution in [0.4, 0.5) is 22.0 Å². The molecule has 10 heteroatoms. The fourth-order valence-corrected chi connectivity index (χ4v) is 5.95. The van der Waals surface area contributed by atoms with Crippen LogP contribution >= 0.6 is 11.5 Å². The standard InChI is InChI=1S/C26H31N5O4S/c32-26(27-20-7-9-21(10-8-20)31(33)34)35-22-11-5-19(6-12-22)13-14-29-15-17-30(18-16-29)25-23-3-1-2-4-24(23)36-28-25/h1-4,7-10,19,22H,5-6,11-18H2,(H,27,32). The van der Waals surface area contributed by atoms with Crippen LogP contribution in [0.25, 0.3) is 10.1 Å². The normalized spacial score (nSPS) is 20.8. The van der Waals surface area contributed by atoms with Gasteiger partial charge in [0.15, 0.2) is 0 Å². The summed E-state index contributed by atoms with van der Waals surface area (Å²) in [6.45, 7) is 5.26. The number of nitro groups is 1. The first-order valence-electron chi connectivity index (χ1n) is 12.6. The average Bonchev–Trinajstić information content (AvgIpc) is 3.33. The van der Waals surface area contributed by atoms with Crippen LogP contribution in [0.2, 0.25) is 0 Å². The fourth-order valence-electron chi connectivity index (χ4n) is 5.15. The predicted molar refractivity (Wildman–Crippen MR) is 142 cm³/mol. The molecule has 1 aliphatic carbocycles. The Bertz CT molecular complexity index is 1180. The molecule has 2 heterocycles. The van der Waals surface area contributed by atoms with Gasteiger partial charge in [0.05, 0.1) is 9.62 Å². The van der Waals surface area contributed by atoms with Gasteiger partial charge < -0.3 is 9.64 Å². The van der Waals surface area contributed by atoms with Crippen molar-refractivity contribution in [1.82, 2.24) is 9.27 Å². The number of hydrogen-bond donors (Lipinski definition) is 1. The van der Waals surface area contributed by atoms with Crippen molar-refractivity contribution in [2.45, 2.75) is 38.2 Å². The van der Waals surface area contributed by atoms with E-state index < -0.39 is 11.0 Å². The Labute approximate surface area is 214 Å². The molecule has 36 heavy (non-hydrogen) atoms. The number of anilines is 2. The second kappa shape index (κ2) is 11.2. The molecule has 1 saturated heterocycles. The third-order valence-electron chi connectivity index (χ3n) is 7.28. The minimum Gasteiger partial charge on any atom is -0.446 e. The molecule has 0 atom stereocenters. The molecule has 190 valence electrons. The van der Waals surface area contributed by atoms with Gasteiger partial charge in [-0.15, -0.1) is 0 Å². The Balaban J connectivity index is 0.994. The predicted octanol–water partition coefficient (Wildman–Crippen LogP) is 5.52. The number of fused-ring (bicyclic) bond motifs is 1. The van der Waals surface area contributed by atoms with E-state index in [0.29, 0.717) is 11.6 Å². The Morgan fingerprint density at radius 3 is 2.50 bits per heavy atom. The summed E-state index contributed by atoms with van der Waals surface area (Å²) in [5.74, 6) is 1.80. The molecule has 0 unspecified atom stereocenters. The van der Waals surface area contributed by atoms with Crippen LogP contribution in [-0.4, -0.2) is 59.1 Å². The number of nitrogens with zero attached hydrogens (tertiary/aromatic N) is 4. The average molecular weight is 510 g/mol. The molecule has 0 bridgehead atoms. The van der Waals surface area contributed by atoms with E-state index in [1.165, 1.54) is 40.8 Å². The molecule has 1 aromatic heterocycles. The van der Waals surface area contributed by atoms with Gasteiger partial charge in [-0.2, -0.15) is 4.37 Å². The van der Waals surface area contributed by atoms with E-state index >= 15 is 0 Å². The van der Waals surface area contributed by atoms with Gasteiger partial charge in [0.25, 0.3) is 5.69 Å². The highest BCUT2D eigenvalue weighted by Crippen LogP contribution is 2.31. The monoisotopic (exact) mass is 509 g/mol. The van der Waals surface area contributed by atoms with Crippen molar-refractivity contribution in [3.63, 3.8) is 0 Å². The van der Waals surface area contributed by atoms with Crippen molar-refractivity contribution < 1.29 is 14.5 Å². The minimum atomic E-state index is -0.502. The highest BCUT2D eigenvalue weighted by molar-refractivity contribution is 7.13. The third-order valence-corrected chi connectivity index (χ3v) is 8.09. The summed E-state index contributed by atoms with van der Waals surface area (Å²) in [7, 11) is 0. The van der Waals surface area contributed by atoms with Gasteiger partial charge in [0.1, 0.15) is 11.9 Å². The van der Waals surface area contributed by atoms with Crippen LogP contribution in [0.5, 0.6) is 0 Å². The van der Waals surface area contributed by atoms with Gasteiger partial charge in [0.2, 0.25) is 0 Å². The lowest BCUT2D eigenvalue weighted by molar-refractivity contribution is -0.384. The topological polar surface area (TPSA) is 101 Å². The second-order valence-corrected chi connectivity index (χ2v) is 10.4. The van der Waals surface area contributed by atoms with E-state index in [1.54, 1.807) is 11.5 Å². The molecule has 1 N–H and O–H groups in total. The van der Waals surface area contributed by atoms with Crippen molar-refractivity contribution in [3.05, 3.63) is 58.6 Å². The number of piperazine rings is 1. The van der Waals surface area contributed by atoms with Crippen LogP contribution < -0.4 is 10.2 Å². The van der Waals surface area contributed by atoms with E-state index in [-0.39, 0.29) is 11.8 Å². The number of rotatable bonds is 7. The molecule has 2 fully saturated rings. The molecule has 1 aliphatic heterocycles. The molecule has 1 saturated carbocycles. The number of aromatic nitrogens is 1. The van der Waals surface area contributed by atoms with E-state index in [2.05, 4.69) is 39.4 Å². The summed E-state index contributed by atoms with van der Waals surface area (Å²) >= 11 is 1.58. The van der Waals surface area contributed by atoms with Crippen molar-refractivity contribution >= 4 is 44.9 Å². The zero-order valence-corrected chi connectivity index (χ0v) is 21.0. The Kier molecular flexibility index (Phi) is 7.62. The van der Waals surface area contributed by atoms with Gasteiger partial charge >= 0.3 is 6.09 Å². The quantitative estimate of drug-likeness (QED) is 0.330. The van der Waals surface area contributed by atoms with Crippen molar-refractivity contribution in [2.24, 2.45) is 5.92 Å². The summed E-state index contributed by atoms with van der Waals surface area (Å²) in [5.41, 5.74) is 0.476. The van der Waals surface area contributed by atoms with Gasteiger partial charge in [-0.3, -0.25) is 20.3 Å². The maximum atomic E-state index is 12.2. The third kappa shape index (κ3) is 5.93. The molecule has 0 radical (unpaired) electrons. The van der Waals surface area contributed by atoms with Crippen molar-refractivity contribution in [3.8, 4) is 0 Å². The zero-order valence-electron chi connectivity index (χ0n) is 20.2. The molecule has 0 spiro atoms. The largest absolute Gasteiger partial charge is 0.446 e. The zero-order chi connectivity index (χ0) is 24.9. The van der Waals surface area contributed by atoms with Crippen LogP contribution in [0.3, 0.4) is 0 Å². The van der Waals surface area contributed by atoms with Gasteiger partial charge in [-0.05, 0) is 80.4 Å². The molecular weight excluding hydrogens is 478 g/mol. The summed E-state index contributed by atoms with van der Waals surface area (Å²) in [6, 6.07) is 14.2. The lowest BCUT2D eigenvalue weighted by atomic mass is 9.85. The van der Waals surface area contributed by atoms with Crippen LogP contribution in [-0.2, 0) is 4.74 Å². The number of ether oxygens (including phenoxy) is 1. The Morgan fingerprint density at radius 1 is 1.06 bits per heavy atom. The molecule has 3 aromatic rings. The van der Waals surface area contributed by atoms with Crippen LogP contribution in [0.15, 0.2) is 48.5 Å². The Hall–Kier alpha value is -3.24. The van der Waals surface area contributed by atoms with E-state index in [0.717, 1.165) is 64.2 Å². The smallest absolute Gasteiger partial charge is 0.411 e. The number of amides is 1. The highest BCUT2D eigenvalue weighted by Gasteiger charge is 2.26. The van der Waals surface area contributed by atoms with Crippen molar-refractivity contribution in [1.29, 1.82) is 0 Å². The number of non-ortho nitro benzene ring substituents is 1. The van der Waals surface area contributed by atoms with Crippen molar-refractivity contribution in [2.75, 3.05) is 42.9 Å². The molecule has 1 amide bonds. The van der Waals surface area contributed by atoms with Crippen LogP contribution in [0, 0.1) is 16.0 Å². The number of hydrogen-bond acceptors (Lipinski definition) is 8. The second-order valence-electron chi connectivity index (χ2n) is 9.60. The summed E-state index contributed by atoms with van der Waals surface area (Å²) in [4.78, 5) is 27.5. The maximum absolute atomic E-state index is 12.2. The summed E-state index contributed by atoms with van der Waals surface area (Å²) < 4.78 is 11.5. The Morgan fingerprint density at radius 2 is 1.78 bits per heavy atom. The number of benzene rings is 2. The van der Waals surface area contributed by atoms with Gasteiger partial charge in [-0.1, -0.05) is 12.1 Å². The first-order valence-corrected chi connectivity index (χ1v) is 13.4. The fraction of sp³-hybridized carbons (Fsp3) is 0.462. The number of carbonyl (C=O) groups is 1. The molecule has 2 aliphatic rings. The summed E-state index contributed by atoms with van der Waals surface area (Å²) in [6.07, 6.45) is 4.50. The summed E-state index contributed by atoms with van der Waals surface area (Å²) in [5, 5.41) is 14.7. The maximum Gasteiger partial charge on any atom is 0.411 e. The van der Waals surface area contributed by atoms with Gasteiger partial charge in [-0.25, -0.2) is 4.79 Å². The van der Waals surface area contributed by atoms with E-state index in [9.17, 15) is 14.9 Å². The molecule has 5 rings (SSSR count). The van der Waals surface area contributed by atoms with Gasteiger partial charge in [0, 0.05) is 49.4 Å². The molecular formula is C26H31N5O4S. The minimum absolute atomic E-state index is 0.0118. The lowest BCUT2D eigenvalue weighted by Crippen LogP contribution is -2.47. The highest BCUT2D eigenvalue weighted by atomic mass is 32.1. The molecule has 2 aromatic carbocycles. The van der Waals surface area contributed by atoms with E-state index in [4.69, 9.17) is 9.11 Å². The SMILES string of the molecule is O=C(Nc1ccc([N+](=O)[O-])cc1)OC1CCC(CCN2CCN(c3nsc4ccccc34)CC2)CC1. The number of nitro benzene ring substituents is 1. The van der Waals surface area contributed by atoms with Crippen LogP contribution in [0.1, 0.15) is 32.1 Å². The first kappa shape index (κ1) is 24.5.